The molecule has 0 saturated heterocycles. The summed E-state index contributed by atoms with van der Waals surface area (Å²) < 4.78 is 13.0. The third kappa shape index (κ3) is 2.18. The number of ketones is 1. The third-order valence-corrected chi connectivity index (χ3v) is 5.09. The van der Waals surface area contributed by atoms with Crippen LogP contribution in [0.15, 0.2) is 24.3 Å². The highest BCUT2D eigenvalue weighted by atomic mass is 32.1. The van der Waals surface area contributed by atoms with Crippen molar-refractivity contribution in [2.24, 2.45) is 0 Å². The number of nitrogen functional groups attached to an aromatic ring is 1. The number of pyridine rings is 1. The second-order valence-corrected chi connectivity index (χ2v) is 6.31. The number of carbonyl (C=O) groups excluding carboxylic acids is 1. The highest BCUT2D eigenvalue weighted by Gasteiger charge is 2.21. The van der Waals surface area contributed by atoms with Gasteiger partial charge in [-0.1, -0.05) is 0 Å². The molecule has 2 aromatic heterocycles. The summed E-state index contributed by atoms with van der Waals surface area (Å²) in [4.78, 5) is 18.4. The molecule has 1 aromatic carbocycles. The maximum absolute atomic E-state index is 13.0. The monoisotopic (exact) mass is 314 g/mol. The van der Waals surface area contributed by atoms with Crippen molar-refractivity contribution in [1.82, 2.24) is 4.98 Å². The topological polar surface area (TPSA) is 56.0 Å². The second kappa shape index (κ2) is 5.18. The maximum Gasteiger partial charge on any atom is 0.205 e. The molecule has 0 spiro atoms. The summed E-state index contributed by atoms with van der Waals surface area (Å²) in [6.07, 6.45) is 0. The van der Waals surface area contributed by atoms with Crippen molar-refractivity contribution in [3.63, 3.8) is 0 Å². The van der Waals surface area contributed by atoms with E-state index in [-0.39, 0.29) is 11.6 Å². The van der Waals surface area contributed by atoms with Crippen LogP contribution in [0.4, 0.5) is 10.1 Å². The largest absolute Gasteiger partial charge is 0.397 e. The Morgan fingerprint density at radius 1 is 1.14 bits per heavy atom. The lowest BCUT2D eigenvalue weighted by molar-refractivity contribution is 0.104. The van der Waals surface area contributed by atoms with Crippen LogP contribution in [0.2, 0.25) is 0 Å². The molecule has 0 fully saturated rings. The Morgan fingerprint density at radius 2 is 1.77 bits per heavy atom. The van der Waals surface area contributed by atoms with Crippen LogP contribution < -0.4 is 5.73 Å². The first-order valence-corrected chi connectivity index (χ1v) is 7.68. The molecule has 0 amide bonds. The fraction of sp³-hybridized carbons (Fsp3) is 0.176. The van der Waals surface area contributed by atoms with Gasteiger partial charge in [-0.05, 0) is 56.2 Å². The van der Waals surface area contributed by atoms with Crippen LogP contribution in [-0.2, 0) is 0 Å². The van der Waals surface area contributed by atoms with E-state index in [9.17, 15) is 9.18 Å². The predicted molar refractivity (Wildman–Crippen MR) is 88.1 cm³/mol. The number of nitrogens with two attached hydrogens (primary N) is 1. The molecule has 2 heterocycles. The quantitative estimate of drug-likeness (QED) is 0.722. The van der Waals surface area contributed by atoms with Crippen LogP contribution in [0.25, 0.3) is 10.2 Å². The Hall–Kier alpha value is -2.27. The lowest BCUT2D eigenvalue weighted by Crippen LogP contribution is -2.02. The summed E-state index contributed by atoms with van der Waals surface area (Å²) in [5.74, 6) is -0.570. The van der Waals surface area contributed by atoms with Gasteiger partial charge in [-0.2, -0.15) is 0 Å². The number of rotatable bonds is 2. The van der Waals surface area contributed by atoms with Gasteiger partial charge in [0, 0.05) is 16.6 Å². The minimum Gasteiger partial charge on any atom is -0.397 e. The molecule has 5 heteroatoms. The molecule has 22 heavy (non-hydrogen) atoms. The van der Waals surface area contributed by atoms with E-state index in [0.717, 1.165) is 27.0 Å². The van der Waals surface area contributed by atoms with Crippen LogP contribution in [-0.4, -0.2) is 10.8 Å². The van der Waals surface area contributed by atoms with Crippen molar-refractivity contribution in [2.75, 3.05) is 5.73 Å². The molecule has 0 bridgehead atoms. The van der Waals surface area contributed by atoms with E-state index in [4.69, 9.17) is 5.73 Å². The molecule has 0 unspecified atom stereocenters. The van der Waals surface area contributed by atoms with E-state index in [1.807, 2.05) is 20.8 Å². The first-order valence-electron chi connectivity index (χ1n) is 6.86. The van der Waals surface area contributed by atoms with Gasteiger partial charge in [-0.3, -0.25) is 4.79 Å². The second-order valence-electron chi connectivity index (χ2n) is 5.31. The summed E-state index contributed by atoms with van der Waals surface area (Å²) in [7, 11) is 0. The number of hydrogen-bond donors (Lipinski definition) is 1. The van der Waals surface area contributed by atoms with E-state index in [1.54, 1.807) is 0 Å². The van der Waals surface area contributed by atoms with E-state index < -0.39 is 0 Å². The first-order chi connectivity index (χ1) is 10.4. The van der Waals surface area contributed by atoms with Gasteiger partial charge in [0.2, 0.25) is 5.78 Å². The van der Waals surface area contributed by atoms with Gasteiger partial charge in [0.1, 0.15) is 15.5 Å². The molecule has 0 aliphatic rings. The Morgan fingerprint density at radius 3 is 2.41 bits per heavy atom. The Kier molecular flexibility index (Phi) is 3.45. The number of carbonyl (C=O) groups is 1. The molecule has 2 N–H and O–H groups in total. The number of thiophene rings is 1. The SMILES string of the molecule is Cc1nc2sc(C(=O)c3ccc(F)cc3)c(N)c2c(C)c1C. The number of fused-ring (bicyclic) bond motifs is 1. The summed E-state index contributed by atoms with van der Waals surface area (Å²) in [6, 6.07) is 5.49. The van der Waals surface area contributed by atoms with Crippen LogP contribution in [0, 0.1) is 26.6 Å². The summed E-state index contributed by atoms with van der Waals surface area (Å²) >= 11 is 1.29. The van der Waals surface area contributed by atoms with Gasteiger partial charge in [0.25, 0.3) is 0 Å². The van der Waals surface area contributed by atoms with E-state index in [2.05, 4.69) is 4.98 Å². The molecule has 3 nitrogen and oxygen atoms in total. The molecular weight excluding hydrogens is 299 g/mol. The number of anilines is 1. The first kappa shape index (κ1) is 14.7. The number of aryl methyl sites for hydroxylation is 2. The molecule has 0 radical (unpaired) electrons. The van der Waals surface area contributed by atoms with Crippen LogP contribution in [0.3, 0.4) is 0 Å². The van der Waals surface area contributed by atoms with Crippen LogP contribution >= 0.6 is 11.3 Å². The van der Waals surface area contributed by atoms with Crippen molar-refractivity contribution in [2.45, 2.75) is 20.8 Å². The number of nitrogens with zero attached hydrogens (tertiary/aromatic N) is 1. The zero-order valence-electron chi connectivity index (χ0n) is 12.5. The highest BCUT2D eigenvalue weighted by Crippen LogP contribution is 2.37. The van der Waals surface area contributed by atoms with Gasteiger partial charge < -0.3 is 5.73 Å². The molecular formula is C17H15FN2OS. The Balaban J connectivity index is 2.20. The van der Waals surface area contributed by atoms with Crippen molar-refractivity contribution >= 4 is 33.0 Å². The molecule has 3 aromatic rings. The van der Waals surface area contributed by atoms with Crippen LogP contribution in [0.5, 0.6) is 0 Å². The average Bonchev–Trinajstić information content (AvgIpc) is 2.82. The maximum atomic E-state index is 13.0. The van der Waals surface area contributed by atoms with Crippen molar-refractivity contribution in [3.8, 4) is 0 Å². The Bertz CT molecular complexity index is 897. The molecule has 0 atom stereocenters. The molecule has 0 aliphatic carbocycles. The minimum atomic E-state index is -0.371. The van der Waals surface area contributed by atoms with Crippen LogP contribution in [0.1, 0.15) is 32.1 Å². The fourth-order valence-corrected chi connectivity index (χ4v) is 3.63. The van der Waals surface area contributed by atoms with Gasteiger partial charge >= 0.3 is 0 Å². The fourth-order valence-electron chi connectivity index (χ4n) is 2.47. The minimum absolute atomic E-state index is 0.199. The summed E-state index contributed by atoms with van der Waals surface area (Å²) in [5, 5.41) is 0.846. The van der Waals surface area contributed by atoms with Crippen molar-refractivity contribution < 1.29 is 9.18 Å². The zero-order valence-corrected chi connectivity index (χ0v) is 13.3. The third-order valence-electron chi connectivity index (χ3n) is 3.99. The summed E-state index contributed by atoms with van der Waals surface area (Å²) in [5.41, 5.74) is 10.2. The van der Waals surface area contributed by atoms with Gasteiger partial charge in [-0.25, -0.2) is 9.37 Å². The summed E-state index contributed by atoms with van der Waals surface area (Å²) in [6.45, 7) is 5.93. The standard InChI is InChI=1S/C17H15FN2OS/c1-8-9(2)13-14(19)16(22-17(13)20-10(8)3)15(21)11-4-6-12(18)7-5-11/h4-7H,19H2,1-3H3. The normalized spacial score (nSPS) is 11.1. The van der Waals surface area contributed by atoms with Gasteiger partial charge in [0.15, 0.2) is 0 Å². The molecule has 0 aliphatic heterocycles. The Labute approximate surface area is 131 Å². The van der Waals surface area contributed by atoms with Crippen molar-refractivity contribution in [1.29, 1.82) is 0 Å². The van der Waals surface area contributed by atoms with Crippen molar-refractivity contribution in [3.05, 3.63) is 57.3 Å². The lowest BCUT2D eigenvalue weighted by atomic mass is 10.0. The number of halogens is 1. The van der Waals surface area contributed by atoms with Gasteiger partial charge in [0.05, 0.1) is 5.69 Å². The predicted octanol–water partition coefficient (Wildman–Crippen LogP) is 4.17. The van der Waals surface area contributed by atoms with E-state index in [0.29, 0.717) is 16.1 Å². The van der Waals surface area contributed by atoms with E-state index >= 15 is 0 Å². The smallest absolute Gasteiger partial charge is 0.205 e. The average molecular weight is 314 g/mol. The molecule has 0 saturated carbocycles. The zero-order chi connectivity index (χ0) is 16.0. The van der Waals surface area contributed by atoms with E-state index in [1.165, 1.54) is 35.6 Å². The number of hydrogen-bond acceptors (Lipinski definition) is 4. The molecule has 112 valence electrons. The highest BCUT2D eigenvalue weighted by molar-refractivity contribution is 7.21. The van der Waals surface area contributed by atoms with Gasteiger partial charge in [-0.15, -0.1) is 11.3 Å². The number of benzene rings is 1. The number of aromatic nitrogens is 1. The lowest BCUT2D eigenvalue weighted by Gasteiger charge is -2.05. The molecule has 3 rings (SSSR count).